The Hall–Kier alpha value is -0.0800. The third-order valence-electron chi connectivity index (χ3n) is 6.57. The van der Waals surface area contributed by atoms with Gasteiger partial charge >= 0.3 is 0 Å². The lowest BCUT2D eigenvalue weighted by Crippen LogP contribution is -2.54. The van der Waals surface area contributed by atoms with Crippen LogP contribution in [0.5, 0.6) is 0 Å². The lowest BCUT2D eigenvalue weighted by Gasteiger charge is -2.46. The first-order chi connectivity index (χ1) is 9.47. The van der Waals surface area contributed by atoms with Gasteiger partial charge in [0.2, 0.25) is 0 Å². The minimum Gasteiger partial charge on any atom is -0.326 e. The Bertz CT molecular complexity index is 333. The zero-order valence-electron chi connectivity index (χ0n) is 13.8. The van der Waals surface area contributed by atoms with E-state index in [0.717, 1.165) is 17.9 Å². The van der Waals surface area contributed by atoms with Crippen molar-refractivity contribution in [2.45, 2.75) is 90.3 Å². The number of hydrogen-bond donors (Lipinski definition) is 1. The predicted molar refractivity (Wildman–Crippen MR) is 85.6 cm³/mol. The zero-order chi connectivity index (χ0) is 14.3. The van der Waals surface area contributed by atoms with Gasteiger partial charge in [0.15, 0.2) is 0 Å². The van der Waals surface area contributed by atoms with Crippen molar-refractivity contribution < 1.29 is 0 Å². The van der Waals surface area contributed by atoms with E-state index in [1.54, 1.807) is 0 Å². The van der Waals surface area contributed by atoms with Gasteiger partial charge in [-0.3, -0.25) is 4.90 Å². The molecular weight excluding hydrogens is 244 g/mol. The van der Waals surface area contributed by atoms with Gasteiger partial charge in [-0.15, -0.1) is 0 Å². The summed E-state index contributed by atoms with van der Waals surface area (Å²) in [5.41, 5.74) is 6.99. The lowest BCUT2D eigenvalue weighted by molar-refractivity contribution is 0.0471. The van der Waals surface area contributed by atoms with E-state index in [-0.39, 0.29) is 0 Å². The third-order valence-corrected chi connectivity index (χ3v) is 6.57. The lowest BCUT2D eigenvalue weighted by atomic mass is 9.69. The molecule has 5 unspecified atom stereocenters. The zero-order valence-corrected chi connectivity index (χ0v) is 13.8. The third kappa shape index (κ3) is 2.78. The average Bonchev–Trinajstić information content (AvgIpc) is 2.82. The molecule has 20 heavy (non-hydrogen) atoms. The molecule has 0 radical (unpaired) electrons. The summed E-state index contributed by atoms with van der Waals surface area (Å²) >= 11 is 0. The molecule has 0 bridgehead atoms. The molecule has 3 rings (SSSR count). The summed E-state index contributed by atoms with van der Waals surface area (Å²) in [5.74, 6) is 1.85. The van der Waals surface area contributed by atoms with E-state index in [1.807, 2.05) is 0 Å². The molecule has 0 aromatic rings. The summed E-state index contributed by atoms with van der Waals surface area (Å²) in [5, 5.41) is 0. The van der Waals surface area contributed by atoms with Crippen LogP contribution in [-0.2, 0) is 0 Å². The van der Waals surface area contributed by atoms with Gasteiger partial charge in [-0.1, -0.05) is 33.6 Å². The molecule has 3 fully saturated rings. The summed E-state index contributed by atoms with van der Waals surface area (Å²) in [6.07, 6.45) is 11.2. The van der Waals surface area contributed by atoms with Gasteiger partial charge in [-0.25, -0.2) is 0 Å². The highest BCUT2D eigenvalue weighted by atomic mass is 15.2. The van der Waals surface area contributed by atoms with E-state index in [0.29, 0.717) is 17.5 Å². The Kier molecular flexibility index (Phi) is 4.16. The van der Waals surface area contributed by atoms with Gasteiger partial charge in [0.25, 0.3) is 0 Å². The van der Waals surface area contributed by atoms with Crippen molar-refractivity contribution in [2.75, 3.05) is 6.54 Å². The summed E-state index contributed by atoms with van der Waals surface area (Å²) in [6, 6.07) is 1.97. The van der Waals surface area contributed by atoms with E-state index in [4.69, 9.17) is 5.73 Å². The maximum atomic E-state index is 6.54. The number of nitrogens with zero attached hydrogens (tertiary/aromatic N) is 1. The van der Waals surface area contributed by atoms with Crippen LogP contribution in [0.4, 0.5) is 0 Å². The molecule has 2 nitrogen and oxygen atoms in total. The summed E-state index contributed by atoms with van der Waals surface area (Å²) < 4.78 is 0. The fourth-order valence-corrected chi connectivity index (χ4v) is 5.19. The van der Waals surface area contributed by atoms with Gasteiger partial charge in [0, 0.05) is 18.1 Å². The van der Waals surface area contributed by atoms with Crippen LogP contribution in [0.2, 0.25) is 0 Å². The van der Waals surface area contributed by atoms with Crippen LogP contribution in [0, 0.1) is 17.3 Å². The number of hydrogen-bond acceptors (Lipinski definition) is 2. The highest BCUT2D eigenvalue weighted by Crippen LogP contribution is 2.43. The molecule has 0 aromatic heterocycles. The summed E-state index contributed by atoms with van der Waals surface area (Å²) in [6.45, 7) is 8.57. The first kappa shape index (κ1) is 14.8. The van der Waals surface area contributed by atoms with Gasteiger partial charge in [-0.05, 0) is 62.3 Å². The molecule has 0 amide bonds. The van der Waals surface area contributed by atoms with E-state index in [9.17, 15) is 0 Å². The molecular formula is C18H34N2. The van der Waals surface area contributed by atoms with Crippen LogP contribution in [0.15, 0.2) is 0 Å². The second-order valence-electron chi connectivity index (χ2n) is 8.75. The minimum atomic E-state index is 0.425. The predicted octanol–water partition coefficient (Wildman–Crippen LogP) is 3.79. The average molecular weight is 278 g/mol. The van der Waals surface area contributed by atoms with Gasteiger partial charge < -0.3 is 5.73 Å². The van der Waals surface area contributed by atoms with Gasteiger partial charge in [0.05, 0.1) is 0 Å². The second-order valence-corrected chi connectivity index (χ2v) is 8.75. The standard InChI is InChI=1S/C18H34N2/c1-18(2,3)14-8-9-15(19)17(12-14)20-11-10-13-6-4-5-7-16(13)20/h13-17H,4-12,19H2,1-3H3. The highest BCUT2D eigenvalue weighted by Gasteiger charge is 2.44. The molecule has 1 heterocycles. The molecule has 2 N–H and O–H groups in total. The van der Waals surface area contributed by atoms with Crippen molar-refractivity contribution in [1.82, 2.24) is 4.90 Å². The van der Waals surface area contributed by atoms with Crippen molar-refractivity contribution in [3.05, 3.63) is 0 Å². The molecule has 0 aromatic carbocycles. The van der Waals surface area contributed by atoms with Crippen LogP contribution in [0.1, 0.15) is 72.1 Å². The first-order valence-corrected chi connectivity index (χ1v) is 8.98. The Labute approximate surface area is 125 Å². The van der Waals surface area contributed by atoms with E-state index in [1.165, 1.54) is 57.9 Å². The minimum absolute atomic E-state index is 0.425. The van der Waals surface area contributed by atoms with E-state index >= 15 is 0 Å². The van der Waals surface area contributed by atoms with Crippen molar-refractivity contribution in [3.63, 3.8) is 0 Å². The van der Waals surface area contributed by atoms with E-state index < -0.39 is 0 Å². The number of fused-ring (bicyclic) bond motifs is 1. The first-order valence-electron chi connectivity index (χ1n) is 8.98. The fraction of sp³-hybridized carbons (Fsp3) is 1.00. The highest BCUT2D eigenvalue weighted by molar-refractivity contribution is 4.99. The Morgan fingerprint density at radius 1 is 0.900 bits per heavy atom. The molecule has 5 atom stereocenters. The number of rotatable bonds is 1. The fourth-order valence-electron chi connectivity index (χ4n) is 5.19. The molecule has 3 aliphatic rings. The second kappa shape index (κ2) is 5.61. The maximum absolute atomic E-state index is 6.54. The van der Waals surface area contributed by atoms with Crippen LogP contribution in [0.3, 0.4) is 0 Å². The molecule has 2 saturated carbocycles. The molecule has 0 spiro atoms. The Morgan fingerprint density at radius 3 is 2.40 bits per heavy atom. The molecule has 1 saturated heterocycles. The van der Waals surface area contributed by atoms with Crippen molar-refractivity contribution in [2.24, 2.45) is 23.0 Å². The summed E-state index contributed by atoms with van der Waals surface area (Å²) in [4.78, 5) is 2.85. The molecule has 2 heteroatoms. The number of nitrogens with two attached hydrogens (primary N) is 1. The SMILES string of the molecule is CC(C)(C)C1CCC(N)C(N2CCC3CCCCC32)C1. The van der Waals surface area contributed by atoms with Crippen LogP contribution in [0.25, 0.3) is 0 Å². The van der Waals surface area contributed by atoms with Gasteiger partial charge in [0.1, 0.15) is 0 Å². The van der Waals surface area contributed by atoms with Crippen LogP contribution in [-0.4, -0.2) is 29.6 Å². The van der Waals surface area contributed by atoms with Gasteiger partial charge in [-0.2, -0.15) is 0 Å². The summed E-state index contributed by atoms with van der Waals surface area (Å²) in [7, 11) is 0. The normalized spacial score (nSPS) is 43.5. The van der Waals surface area contributed by atoms with Crippen molar-refractivity contribution in [3.8, 4) is 0 Å². The van der Waals surface area contributed by atoms with Crippen LogP contribution < -0.4 is 5.73 Å². The molecule has 2 aliphatic carbocycles. The molecule has 1 aliphatic heterocycles. The van der Waals surface area contributed by atoms with Crippen molar-refractivity contribution >= 4 is 0 Å². The maximum Gasteiger partial charge on any atom is 0.0253 e. The largest absolute Gasteiger partial charge is 0.326 e. The monoisotopic (exact) mass is 278 g/mol. The smallest absolute Gasteiger partial charge is 0.0253 e. The topological polar surface area (TPSA) is 29.3 Å². The Balaban J connectivity index is 1.71. The Morgan fingerprint density at radius 2 is 1.65 bits per heavy atom. The molecule has 116 valence electrons. The van der Waals surface area contributed by atoms with E-state index in [2.05, 4.69) is 25.7 Å². The number of likely N-dealkylation sites (tertiary alicyclic amines) is 1. The van der Waals surface area contributed by atoms with Crippen molar-refractivity contribution in [1.29, 1.82) is 0 Å². The quantitative estimate of drug-likeness (QED) is 0.790. The van der Waals surface area contributed by atoms with Crippen LogP contribution >= 0.6 is 0 Å².